The zero-order valence-electron chi connectivity index (χ0n) is 14.5. The standard InChI is InChI=1S/C16H20O11/c1-4-12(20)24-26-14(22)6-11(15(23)27-25-13(21)5-2)10(3)16(7-17,8-18)9-19/h4-6,10,17-19H,1-2,7-9H2,3H3/b11-6+. The van der Waals surface area contributed by atoms with Crippen molar-refractivity contribution in [3.8, 4) is 0 Å². The Kier molecular flexibility index (Phi) is 10.3. The van der Waals surface area contributed by atoms with Crippen molar-refractivity contribution in [1.29, 1.82) is 0 Å². The van der Waals surface area contributed by atoms with E-state index in [-0.39, 0.29) is 0 Å². The van der Waals surface area contributed by atoms with Crippen LogP contribution in [-0.2, 0) is 38.7 Å². The monoisotopic (exact) mass is 388 g/mol. The first kappa shape index (κ1) is 24.0. The molecule has 0 spiro atoms. The molecule has 27 heavy (non-hydrogen) atoms. The largest absolute Gasteiger partial charge is 0.396 e. The lowest BCUT2D eigenvalue weighted by atomic mass is 9.74. The predicted molar refractivity (Wildman–Crippen MR) is 85.7 cm³/mol. The Bertz CT molecular complexity index is 608. The molecule has 0 heterocycles. The average Bonchev–Trinajstić information content (AvgIpc) is 2.69. The zero-order valence-corrected chi connectivity index (χ0v) is 14.5. The van der Waals surface area contributed by atoms with Crippen LogP contribution in [0.5, 0.6) is 0 Å². The first-order valence-corrected chi connectivity index (χ1v) is 7.35. The Labute approximate surface area is 153 Å². The molecule has 11 nitrogen and oxygen atoms in total. The van der Waals surface area contributed by atoms with Crippen LogP contribution in [-0.4, -0.2) is 59.0 Å². The Morgan fingerprint density at radius 1 is 0.852 bits per heavy atom. The van der Waals surface area contributed by atoms with Gasteiger partial charge in [-0.3, -0.25) is 0 Å². The van der Waals surface area contributed by atoms with Crippen molar-refractivity contribution >= 4 is 23.9 Å². The van der Waals surface area contributed by atoms with E-state index in [4.69, 9.17) is 0 Å². The fourth-order valence-electron chi connectivity index (χ4n) is 1.68. The van der Waals surface area contributed by atoms with Gasteiger partial charge >= 0.3 is 23.9 Å². The molecule has 1 unspecified atom stereocenters. The molecule has 0 fully saturated rings. The first-order valence-electron chi connectivity index (χ1n) is 7.35. The molecular formula is C16H20O11. The molecule has 0 aliphatic carbocycles. The topological polar surface area (TPSA) is 166 Å². The highest BCUT2D eigenvalue weighted by Crippen LogP contribution is 2.33. The molecule has 1 atom stereocenters. The molecule has 0 saturated carbocycles. The SMILES string of the molecule is C=CC(=O)OOC(=O)/C=C(/C(=O)OOC(=O)C=C)C(C)C(CO)(CO)CO. The average molecular weight is 388 g/mol. The van der Waals surface area contributed by atoms with Crippen LogP contribution in [0.3, 0.4) is 0 Å². The molecule has 0 radical (unpaired) electrons. The van der Waals surface area contributed by atoms with E-state index in [1.807, 2.05) is 0 Å². The molecule has 0 rings (SSSR count). The molecule has 0 aliphatic rings. The third-order valence-corrected chi connectivity index (χ3v) is 3.58. The van der Waals surface area contributed by atoms with Gasteiger partial charge in [-0.05, 0) is 0 Å². The first-order chi connectivity index (χ1) is 12.7. The Morgan fingerprint density at radius 2 is 1.26 bits per heavy atom. The second-order valence-electron chi connectivity index (χ2n) is 5.14. The Balaban J connectivity index is 5.68. The summed E-state index contributed by atoms with van der Waals surface area (Å²) in [6.45, 7) is 5.09. The van der Waals surface area contributed by atoms with E-state index in [0.717, 1.165) is 0 Å². The maximum atomic E-state index is 12.2. The maximum Gasteiger partial charge on any atom is 0.382 e. The summed E-state index contributed by atoms with van der Waals surface area (Å²) in [5, 5.41) is 28.4. The van der Waals surface area contributed by atoms with Crippen molar-refractivity contribution in [2.45, 2.75) is 6.92 Å². The second kappa shape index (κ2) is 11.6. The fourth-order valence-corrected chi connectivity index (χ4v) is 1.68. The molecule has 0 amide bonds. The summed E-state index contributed by atoms with van der Waals surface area (Å²) >= 11 is 0. The summed E-state index contributed by atoms with van der Waals surface area (Å²) in [4.78, 5) is 62.3. The van der Waals surface area contributed by atoms with E-state index in [0.29, 0.717) is 18.2 Å². The molecule has 150 valence electrons. The molecule has 0 aromatic rings. The van der Waals surface area contributed by atoms with Crippen molar-refractivity contribution in [3.63, 3.8) is 0 Å². The fraction of sp³-hybridized carbons (Fsp3) is 0.375. The number of carbonyl (C=O) groups excluding carboxylic acids is 4. The van der Waals surface area contributed by atoms with Gasteiger partial charge < -0.3 is 15.3 Å². The third kappa shape index (κ3) is 7.01. The van der Waals surface area contributed by atoms with Crippen molar-refractivity contribution in [1.82, 2.24) is 0 Å². The van der Waals surface area contributed by atoms with Crippen molar-refractivity contribution in [2.75, 3.05) is 19.8 Å². The maximum absolute atomic E-state index is 12.2. The normalized spacial score (nSPS) is 12.4. The van der Waals surface area contributed by atoms with Gasteiger partial charge in [-0.15, -0.1) is 0 Å². The van der Waals surface area contributed by atoms with Crippen LogP contribution in [0.4, 0.5) is 0 Å². The highest BCUT2D eigenvalue weighted by Gasteiger charge is 2.40. The third-order valence-electron chi connectivity index (χ3n) is 3.58. The minimum atomic E-state index is -1.65. The minimum absolute atomic E-state index is 0.515. The molecule has 3 N–H and O–H groups in total. The predicted octanol–water partition coefficient (Wildman–Crippen LogP) is -1.11. The van der Waals surface area contributed by atoms with Gasteiger partial charge in [-0.1, -0.05) is 20.1 Å². The highest BCUT2D eigenvalue weighted by atomic mass is 17.2. The summed E-state index contributed by atoms with van der Waals surface area (Å²) in [5.74, 6) is -6.12. The van der Waals surface area contributed by atoms with E-state index in [1.54, 1.807) is 0 Å². The van der Waals surface area contributed by atoms with Gasteiger partial charge in [0.25, 0.3) is 0 Å². The van der Waals surface area contributed by atoms with Gasteiger partial charge in [0.2, 0.25) is 0 Å². The van der Waals surface area contributed by atoms with Crippen LogP contribution in [0.1, 0.15) is 6.92 Å². The Hall–Kier alpha value is -3.02. The summed E-state index contributed by atoms with van der Waals surface area (Å²) in [6, 6.07) is 0. The number of carbonyl (C=O) groups is 4. The van der Waals surface area contributed by atoms with Crippen molar-refractivity contribution in [3.05, 3.63) is 37.0 Å². The molecule has 0 aromatic heterocycles. The van der Waals surface area contributed by atoms with Gasteiger partial charge in [0.15, 0.2) is 0 Å². The van der Waals surface area contributed by atoms with E-state index < -0.39 is 60.6 Å². The van der Waals surface area contributed by atoms with Crippen LogP contribution < -0.4 is 0 Å². The molecule has 0 saturated heterocycles. The van der Waals surface area contributed by atoms with Crippen LogP contribution in [0.15, 0.2) is 37.0 Å². The minimum Gasteiger partial charge on any atom is -0.396 e. The second-order valence-corrected chi connectivity index (χ2v) is 5.14. The van der Waals surface area contributed by atoms with E-state index in [1.165, 1.54) is 6.92 Å². The van der Waals surface area contributed by atoms with Gasteiger partial charge in [0.05, 0.1) is 25.4 Å². The van der Waals surface area contributed by atoms with Crippen LogP contribution in [0.25, 0.3) is 0 Å². The number of hydrogen-bond donors (Lipinski definition) is 3. The van der Waals surface area contributed by atoms with Crippen LogP contribution >= 0.6 is 0 Å². The van der Waals surface area contributed by atoms with E-state index in [2.05, 4.69) is 32.7 Å². The smallest absolute Gasteiger partial charge is 0.382 e. The molecule has 0 bridgehead atoms. The summed E-state index contributed by atoms with van der Waals surface area (Å²) in [6.07, 6.45) is 1.92. The molecule has 0 aliphatic heterocycles. The molecule has 11 heteroatoms. The summed E-state index contributed by atoms with van der Waals surface area (Å²) < 4.78 is 0. The highest BCUT2D eigenvalue weighted by molar-refractivity contribution is 5.97. The number of aliphatic hydroxyl groups is 3. The quantitative estimate of drug-likeness (QED) is 0.249. The van der Waals surface area contributed by atoms with Gasteiger partial charge in [-0.2, -0.15) is 0 Å². The zero-order chi connectivity index (χ0) is 21.0. The van der Waals surface area contributed by atoms with Gasteiger partial charge in [0, 0.05) is 29.6 Å². The lowest BCUT2D eigenvalue weighted by Crippen LogP contribution is -2.42. The molecule has 0 aromatic carbocycles. The van der Waals surface area contributed by atoms with Crippen molar-refractivity contribution < 1.29 is 54.0 Å². The summed E-state index contributed by atoms with van der Waals surface area (Å²) in [7, 11) is 0. The lowest BCUT2D eigenvalue weighted by Gasteiger charge is -2.34. The van der Waals surface area contributed by atoms with Gasteiger partial charge in [-0.25, -0.2) is 38.7 Å². The van der Waals surface area contributed by atoms with Crippen molar-refractivity contribution in [2.24, 2.45) is 11.3 Å². The number of rotatable bonds is 9. The van der Waals surface area contributed by atoms with Gasteiger partial charge in [0.1, 0.15) is 0 Å². The summed E-state index contributed by atoms with van der Waals surface area (Å²) in [5.41, 5.74) is -2.21. The van der Waals surface area contributed by atoms with Crippen LogP contribution in [0.2, 0.25) is 0 Å². The number of aliphatic hydroxyl groups excluding tert-OH is 3. The van der Waals surface area contributed by atoms with Crippen LogP contribution in [0, 0.1) is 11.3 Å². The Morgan fingerprint density at radius 3 is 1.67 bits per heavy atom. The number of hydrogen-bond acceptors (Lipinski definition) is 11. The van der Waals surface area contributed by atoms with E-state index >= 15 is 0 Å². The lowest BCUT2D eigenvalue weighted by molar-refractivity contribution is -0.253. The molecular weight excluding hydrogens is 368 g/mol. The van der Waals surface area contributed by atoms with E-state index in [9.17, 15) is 34.5 Å².